The monoisotopic (exact) mass is 678 g/mol. The lowest BCUT2D eigenvalue weighted by Gasteiger charge is -2.22. The van der Waals surface area contributed by atoms with Crippen LogP contribution < -0.4 is 0 Å². The minimum atomic E-state index is -0.435. The van der Waals surface area contributed by atoms with Gasteiger partial charge >= 0.3 is 0 Å². The number of hydrogen-bond acceptors (Lipinski definition) is 5. The van der Waals surface area contributed by atoms with E-state index in [1.807, 2.05) is 42.5 Å². The van der Waals surface area contributed by atoms with E-state index in [0.29, 0.717) is 16.7 Å². The predicted octanol–water partition coefficient (Wildman–Crippen LogP) is 12.8. The maximum Gasteiger partial charge on any atom is 0.227 e. The Morgan fingerprint density at radius 1 is 0.462 bits per heavy atom. The molecule has 0 N–H and O–H groups in total. The first kappa shape index (κ1) is 22.2. The molecule has 0 saturated heterocycles. The van der Waals surface area contributed by atoms with Crippen molar-refractivity contribution in [2.24, 2.45) is 0 Å². The Morgan fingerprint density at radius 3 is 1.79 bits per heavy atom. The zero-order chi connectivity index (χ0) is 41.5. The highest BCUT2D eigenvalue weighted by atomic mass is 16.4. The number of furan rings is 1. The van der Waals surface area contributed by atoms with Gasteiger partial charge in [-0.1, -0.05) is 86.5 Å². The second-order valence-electron chi connectivity index (χ2n) is 13.7. The lowest BCUT2D eigenvalue weighted by atomic mass is 9.81. The number of hydrogen-bond donors (Lipinski definition) is 0. The summed E-state index contributed by atoms with van der Waals surface area (Å²) in [6, 6.07) is 29.5. The Kier molecular flexibility index (Phi) is 4.54. The minimum Gasteiger partial charge on any atom is -0.456 e. The average Bonchev–Trinajstić information content (AvgIpc) is 4.05. The van der Waals surface area contributed by atoms with Crippen LogP contribution >= 0.6 is 0 Å². The molecule has 0 radical (unpaired) electrons. The van der Waals surface area contributed by atoms with E-state index in [1.54, 1.807) is 6.07 Å². The molecule has 11 rings (SSSR count). The standard InChI is InChI=1S/C47H30N2O3/c1-47(2)37-24-29(18-19-33(37)35-25-36-34-12-3-6-15-41(34)50-44(36)26-38(35)47)27-10-9-11-28(20-27)30-21-31(45-48-39-13-4-7-16-42(39)51-45)23-32(22-30)46-49-40-14-5-8-17-43(40)52-46/h3-26H,1-2H3/i4D,5D,7D,8D,13D,14D,16D,17D. The van der Waals surface area contributed by atoms with Crippen LogP contribution in [0.4, 0.5) is 0 Å². The first-order valence-electron chi connectivity index (χ1n) is 20.9. The Hall–Kier alpha value is -6.72. The molecule has 5 nitrogen and oxygen atoms in total. The first-order valence-corrected chi connectivity index (χ1v) is 16.9. The van der Waals surface area contributed by atoms with Crippen molar-refractivity contribution in [3.05, 3.63) is 157 Å². The summed E-state index contributed by atoms with van der Waals surface area (Å²) in [6.07, 6.45) is 0. The number of para-hydroxylation sites is 5. The molecule has 52 heavy (non-hydrogen) atoms. The van der Waals surface area contributed by atoms with Gasteiger partial charge in [0.25, 0.3) is 0 Å². The van der Waals surface area contributed by atoms with Crippen molar-refractivity contribution in [1.29, 1.82) is 0 Å². The lowest BCUT2D eigenvalue weighted by molar-refractivity contribution is 0.617. The number of fused-ring (bicyclic) bond motifs is 8. The van der Waals surface area contributed by atoms with Crippen LogP contribution in [0.5, 0.6) is 0 Å². The van der Waals surface area contributed by atoms with Crippen LogP contribution in [-0.2, 0) is 5.41 Å². The molecule has 1 aliphatic carbocycles. The molecule has 246 valence electrons. The van der Waals surface area contributed by atoms with Gasteiger partial charge in [0, 0.05) is 27.3 Å². The highest BCUT2D eigenvalue weighted by molar-refractivity contribution is 6.07. The van der Waals surface area contributed by atoms with Crippen LogP contribution in [0.2, 0.25) is 0 Å². The van der Waals surface area contributed by atoms with E-state index < -0.39 is 24.2 Å². The topological polar surface area (TPSA) is 65.2 Å². The third-order valence-corrected chi connectivity index (χ3v) is 10.2. The van der Waals surface area contributed by atoms with E-state index in [2.05, 4.69) is 72.3 Å². The molecule has 5 heteroatoms. The van der Waals surface area contributed by atoms with Gasteiger partial charge in [-0.25, -0.2) is 9.97 Å². The first-order chi connectivity index (χ1) is 28.8. The van der Waals surface area contributed by atoms with E-state index in [-0.39, 0.29) is 63.6 Å². The molecular weight excluding hydrogens is 641 g/mol. The van der Waals surface area contributed by atoms with Crippen molar-refractivity contribution in [1.82, 2.24) is 9.97 Å². The van der Waals surface area contributed by atoms with Crippen molar-refractivity contribution in [3.63, 3.8) is 0 Å². The van der Waals surface area contributed by atoms with Gasteiger partial charge in [-0.3, -0.25) is 0 Å². The summed E-state index contributed by atoms with van der Waals surface area (Å²) in [4.78, 5) is 9.05. The molecule has 10 aromatic rings. The van der Waals surface area contributed by atoms with Gasteiger partial charge in [0.05, 0.1) is 11.0 Å². The number of benzene rings is 7. The molecule has 0 amide bonds. The predicted molar refractivity (Wildman–Crippen MR) is 208 cm³/mol. The molecular formula is C47H30N2O3. The van der Waals surface area contributed by atoms with Gasteiger partial charge in [-0.15, -0.1) is 0 Å². The van der Waals surface area contributed by atoms with E-state index in [1.165, 1.54) is 22.3 Å². The molecule has 3 aromatic heterocycles. The number of nitrogens with zero attached hydrogens (tertiary/aromatic N) is 2. The van der Waals surface area contributed by atoms with Crippen molar-refractivity contribution in [3.8, 4) is 56.3 Å². The van der Waals surface area contributed by atoms with Crippen molar-refractivity contribution in [2.75, 3.05) is 0 Å². The Labute approximate surface area is 310 Å². The molecule has 0 unspecified atom stereocenters. The number of aromatic nitrogens is 2. The zero-order valence-electron chi connectivity index (χ0n) is 35.9. The Balaban J connectivity index is 1.05. The number of oxazole rings is 2. The van der Waals surface area contributed by atoms with Crippen molar-refractivity contribution >= 4 is 44.1 Å². The summed E-state index contributed by atoms with van der Waals surface area (Å²) in [5.41, 5.74) is 10.3. The molecule has 0 aliphatic heterocycles. The van der Waals surface area contributed by atoms with E-state index in [9.17, 15) is 0 Å². The van der Waals surface area contributed by atoms with Gasteiger partial charge in [-0.05, 0) is 117 Å². The van der Waals surface area contributed by atoms with Gasteiger partial charge in [0.2, 0.25) is 11.8 Å². The third-order valence-electron chi connectivity index (χ3n) is 10.2. The SMILES string of the molecule is [2H]c1c([2H])c([2H])c2oc(-c3cc(-c4cccc(-c5ccc6c(c5)C(C)(C)c5cc7oc8ccccc8c7cc5-6)c4)cc(-c4nc5c([2H])c([2H])c([2H])c([2H])c5o4)c3)nc2c1[2H]. The summed E-state index contributed by atoms with van der Waals surface area (Å²) in [7, 11) is 0. The summed E-state index contributed by atoms with van der Waals surface area (Å²) >= 11 is 0. The summed E-state index contributed by atoms with van der Waals surface area (Å²) in [5, 5.41) is 2.18. The van der Waals surface area contributed by atoms with Crippen LogP contribution in [-0.4, -0.2) is 9.97 Å². The molecule has 1 aliphatic rings. The quantitative estimate of drug-likeness (QED) is 0.185. The molecule has 0 saturated carbocycles. The van der Waals surface area contributed by atoms with Crippen LogP contribution in [0.25, 0.3) is 100 Å². The van der Waals surface area contributed by atoms with Crippen molar-refractivity contribution < 1.29 is 24.2 Å². The molecule has 0 fully saturated rings. The van der Waals surface area contributed by atoms with E-state index >= 15 is 0 Å². The van der Waals surface area contributed by atoms with Crippen molar-refractivity contribution in [2.45, 2.75) is 19.3 Å². The van der Waals surface area contributed by atoms with Gasteiger partial charge in [0.15, 0.2) is 11.2 Å². The van der Waals surface area contributed by atoms with Crippen LogP contribution in [0.1, 0.15) is 35.9 Å². The zero-order valence-corrected chi connectivity index (χ0v) is 27.9. The van der Waals surface area contributed by atoms with Crippen LogP contribution in [0.3, 0.4) is 0 Å². The van der Waals surface area contributed by atoms with Gasteiger partial charge in [-0.2, -0.15) is 0 Å². The average molecular weight is 679 g/mol. The fourth-order valence-corrected chi connectivity index (χ4v) is 7.63. The van der Waals surface area contributed by atoms with E-state index in [4.69, 9.17) is 24.2 Å². The molecule has 0 spiro atoms. The van der Waals surface area contributed by atoms with Gasteiger partial charge < -0.3 is 13.3 Å². The highest BCUT2D eigenvalue weighted by Crippen LogP contribution is 2.52. The molecule has 0 bridgehead atoms. The molecule has 7 aromatic carbocycles. The number of rotatable bonds is 4. The fourth-order valence-electron chi connectivity index (χ4n) is 7.63. The molecule has 0 atom stereocenters. The summed E-state index contributed by atoms with van der Waals surface area (Å²) in [6.45, 7) is 4.48. The third kappa shape index (κ3) is 4.36. The van der Waals surface area contributed by atoms with E-state index in [0.717, 1.165) is 38.6 Å². The normalized spacial score (nSPS) is 15.5. The molecule has 3 heterocycles. The van der Waals surface area contributed by atoms with Gasteiger partial charge in [0.1, 0.15) is 22.2 Å². The fraction of sp³-hybridized carbons (Fsp3) is 0.0638. The second kappa shape index (κ2) is 10.6. The summed E-state index contributed by atoms with van der Waals surface area (Å²) in [5.74, 6) is 0.0776. The second-order valence-corrected chi connectivity index (χ2v) is 13.7. The Morgan fingerprint density at radius 2 is 1.06 bits per heavy atom. The van der Waals surface area contributed by atoms with Crippen LogP contribution in [0.15, 0.2) is 159 Å². The maximum absolute atomic E-state index is 8.45. The highest BCUT2D eigenvalue weighted by Gasteiger charge is 2.36. The lowest BCUT2D eigenvalue weighted by Crippen LogP contribution is -2.15. The smallest absolute Gasteiger partial charge is 0.227 e. The Bertz CT molecular complexity index is 3320. The largest absolute Gasteiger partial charge is 0.456 e. The minimum absolute atomic E-state index is 0.0147. The maximum atomic E-state index is 8.45. The summed E-state index contributed by atoms with van der Waals surface area (Å²) < 4.78 is 84.8. The van der Waals surface area contributed by atoms with Crippen LogP contribution in [0, 0.1) is 0 Å².